The van der Waals surface area contributed by atoms with E-state index in [0.717, 1.165) is 11.1 Å². The number of halogens is 2. The minimum absolute atomic E-state index is 0.291. The van der Waals surface area contributed by atoms with Crippen LogP contribution >= 0.6 is 11.6 Å². The van der Waals surface area contributed by atoms with Gasteiger partial charge in [0.05, 0.1) is 0 Å². The quantitative estimate of drug-likeness (QED) is 0.852. The molecule has 0 bridgehead atoms. The second-order valence-electron chi connectivity index (χ2n) is 4.14. The third-order valence-corrected chi connectivity index (χ3v) is 3.03. The molecule has 2 nitrogen and oxygen atoms in total. The lowest BCUT2D eigenvalue weighted by atomic mass is 10.1. The predicted molar refractivity (Wildman–Crippen MR) is 73.6 cm³/mol. The summed E-state index contributed by atoms with van der Waals surface area (Å²) in [6.45, 7) is 0.401. The first-order valence-corrected chi connectivity index (χ1v) is 6.40. The van der Waals surface area contributed by atoms with Crippen molar-refractivity contribution in [2.24, 2.45) is 0 Å². The van der Waals surface area contributed by atoms with E-state index in [1.54, 1.807) is 6.07 Å². The van der Waals surface area contributed by atoms with E-state index in [2.05, 4.69) is 5.32 Å². The van der Waals surface area contributed by atoms with Gasteiger partial charge in [-0.25, -0.2) is 4.39 Å². The van der Waals surface area contributed by atoms with Crippen LogP contribution in [0.4, 0.5) is 4.39 Å². The molecule has 0 spiro atoms. The van der Waals surface area contributed by atoms with Crippen LogP contribution in [-0.2, 0) is 12.4 Å². The Bertz CT molecular complexity index is 569. The van der Waals surface area contributed by atoms with Crippen molar-refractivity contribution in [2.45, 2.75) is 12.4 Å². The highest BCUT2D eigenvalue weighted by Gasteiger charge is 2.05. The van der Waals surface area contributed by atoms with Gasteiger partial charge in [-0.05, 0) is 29.3 Å². The summed E-state index contributed by atoms with van der Waals surface area (Å²) in [4.78, 5) is 11.8. The van der Waals surface area contributed by atoms with E-state index in [1.165, 1.54) is 18.2 Å². The van der Waals surface area contributed by atoms with Crippen LogP contribution in [0.5, 0.6) is 0 Å². The molecule has 0 saturated carbocycles. The summed E-state index contributed by atoms with van der Waals surface area (Å²) in [6, 6.07) is 13.3. The molecule has 0 radical (unpaired) electrons. The van der Waals surface area contributed by atoms with Crippen LogP contribution in [0.25, 0.3) is 0 Å². The predicted octanol–water partition coefficient (Wildman–Crippen LogP) is 3.49. The molecule has 98 valence electrons. The molecule has 2 rings (SSSR count). The summed E-state index contributed by atoms with van der Waals surface area (Å²) >= 11 is 5.70. The van der Waals surface area contributed by atoms with Crippen molar-refractivity contribution in [3.05, 3.63) is 71.0 Å². The van der Waals surface area contributed by atoms with Gasteiger partial charge in [0.2, 0.25) is 0 Å². The third kappa shape index (κ3) is 3.80. The standard InChI is InChI=1S/C15H13ClFNO/c16-9-11-4-6-12(7-5-11)10-18-15(19)13-2-1-3-14(17)8-13/h1-8H,9-10H2,(H,18,19). The molecule has 0 unspecified atom stereocenters. The van der Waals surface area contributed by atoms with E-state index in [4.69, 9.17) is 11.6 Å². The molecular weight excluding hydrogens is 265 g/mol. The topological polar surface area (TPSA) is 29.1 Å². The molecule has 0 fully saturated rings. The Morgan fingerprint density at radius 3 is 2.42 bits per heavy atom. The summed E-state index contributed by atoms with van der Waals surface area (Å²) in [6.07, 6.45) is 0. The lowest BCUT2D eigenvalue weighted by molar-refractivity contribution is 0.0950. The number of benzene rings is 2. The van der Waals surface area contributed by atoms with Crippen LogP contribution in [-0.4, -0.2) is 5.91 Å². The van der Waals surface area contributed by atoms with E-state index in [9.17, 15) is 9.18 Å². The lowest BCUT2D eigenvalue weighted by Crippen LogP contribution is -2.22. The zero-order valence-electron chi connectivity index (χ0n) is 10.2. The molecular formula is C15H13ClFNO. The number of carbonyl (C=O) groups excluding carboxylic acids is 1. The number of alkyl halides is 1. The number of nitrogens with one attached hydrogen (secondary N) is 1. The van der Waals surface area contributed by atoms with Crippen molar-refractivity contribution >= 4 is 17.5 Å². The van der Waals surface area contributed by atoms with Crippen LogP contribution in [0.1, 0.15) is 21.5 Å². The molecule has 0 aliphatic heterocycles. The van der Waals surface area contributed by atoms with Gasteiger partial charge in [-0.15, -0.1) is 11.6 Å². The van der Waals surface area contributed by atoms with E-state index in [1.807, 2.05) is 24.3 Å². The van der Waals surface area contributed by atoms with Gasteiger partial charge >= 0.3 is 0 Å². The van der Waals surface area contributed by atoms with E-state index < -0.39 is 5.82 Å². The maximum atomic E-state index is 13.0. The Hall–Kier alpha value is -1.87. The minimum atomic E-state index is -0.417. The largest absolute Gasteiger partial charge is 0.348 e. The first-order valence-electron chi connectivity index (χ1n) is 5.86. The fourth-order valence-electron chi connectivity index (χ4n) is 1.66. The zero-order valence-corrected chi connectivity index (χ0v) is 11.0. The third-order valence-electron chi connectivity index (χ3n) is 2.72. The second-order valence-corrected chi connectivity index (χ2v) is 4.41. The van der Waals surface area contributed by atoms with Crippen LogP contribution in [0.15, 0.2) is 48.5 Å². The van der Waals surface area contributed by atoms with Crippen molar-refractivity contribution in [2.75, 3.05) is 0 Å². The fourth-order valence-corrected chi connectivity index (χ4v) is 1.84. The number of carbonyl (C=O) groups is 1. The van der Waals surface area contributed by atoms with Crippen LogP contribution in [0.3, 0.4) is 0 Å². The maximum Gasteiger partial charge on any atom is 0.251 e. The van der Waals surface area contributed by atoms with Gasteiger partial charge < -0.3 is 5.32 Å². The minimum Gasteiger partial charge on any atom is -0.348 e. The monoisotopic (exact) mass is 277 g/mol. The maximum absolute atomic E-state index is 13.0. The molecule has 0 aliphatic carbocycles. The van der Waals surface area contributed by atoms with Crippen molar-refractivity contribution in [3.63, 3.8) is 0 Å². The van der Waals surface area contributed by atoms with E-state index in [0.29, 0.717) is 18.0 Å². The Labute approximate surface area is 116 Å². The molecule has 19 heavy (non-hydrogen) atoms. The van der Waals surface area contributed by atoms with Crippen molar-refractivity contribution in [3.8, 4) is 0 Å². The molecule has 0 saturated heterocycles. The Morgan fingerprint density at radius 1 is 1.11 bits per heavy atom. The average Bonchev–Trinajstić information content (AvgIpc) is 2.45. The van der Waals surface area contributed by atoms with Crippen LogP contribution in [0.2, 0.25) is 0 Å². The summed E-state index contributed by atoms with van der Waals surface area (Å²) in [5.41, 5.74) is 2.32. The van der Waals surface area contributed by atoms with E-state index >= 15 is 0 Å². The lowest BCUT2D eigenvalue weighted by Gasteiger charge is -2.06. The molecule has 2 aromatic rings. The molecule has 1 amide bonds. The Kier molecular flexibility index (Phi) is 4.53. The zero-order chi connectivity index (χ0) is 13.7. The SMILES string of the molecule is O=C(NCc1ccc(CCl)cc1)c1cccc(F)c1. The smallest absolute Gasteiger partial charge is 0.251 e. The second kappa shape index (κ2) is 6.34. The molecule has 2 aromatic carbocycles. The average molecular weight is 278 g/mol. The van der Waals surface area contributed by atoms with Gasteiger partial charge in [-0.1, -0.05) is 30.3 Å². The summed E-state index contributed by atoms with van der Waals surface area (Å²) < 4.78 is 13.0. The normalized spacial score (nSPS) is 10.2. The first-order chi connectivity index (χ1) is 9.19. The molecule has 0 aromatic heterocycles. The van der Waals surface area contributed by atoms with Crippen molar-refractivity contribution in [1.29, 1.82) is 0 Å². The summed E-state index contributed by atoms with van der Waals surface area (Å²) in [5, 5.41) is 2.74. The molecule has 0 atom stereocenters. The fraction of sp³-hybridized carbons (Fsp3) is 0.133. The summed E-state index contributed by atoms with van der Waals surface area (Å²) in [5.74, 6) is -0.240. The molecule has 0 heterocycles. The van der Waals surface area contributed by atoms with Gasteiger partial charge in [-0.2, -0.15) is 0 Å². The number of rotatable bonds is 4. The van der Waals surface area contributed by atoms with Crippen LogP contribution in [0, 0.1) is 5.82 Å². The van der Waals surface area contributed by atoms with Gasteiger partial charge in [0.15, 0.2) is 0 Å². The van der Waals surface area contributed by atoms with Crippen molar-refractivity contribution < 1.29 is 9.18 Å². The van der Waals surface area contributed by atoms with Gasteiger partial charge in [0.25, 0.3) is 5.91 Å². The first kappa shape index (κ1) is 13.6. The van der Waals surface area contributed by atoms with Crippen molar-refractivity contribution in [1.82, 2.24) is 5.32 Å². The molecule has 1 N–H and O–H groups in total. The molecule has 0 aliphatic rings. The Morgan fingerprint density at radius 2 is 1.79 bits per heavy atom. The van der Waals surface area contributed by atoms with Crippen LogP contribution < -0.4 is 5.32 Å². The van der Waals surface area contributed by atoms with Gasteiger partial charge in [0.1, 0.15) is 5.82 Å². The van der Waals surface area contributed by atoms with Gasteiger partial charge in [0, 0.05) is 18.0 Å². The van der Waals surface area contributed by atoms with E-state index in [-0.39, 0.29) is 5.91 Å². The van der Waals surface area contributed by atoms with Gasteiger partial charge in [-0.3, -0.25) is 4.79 Å². The highest BCUT2D eigenvalue weighted by atomic mass is 35.5. The Balaban J connectivity index is 1.96. The number of amides is 1. The summed E-state index contributed by atoms with van der Waals surface area (Å²) in [7, 11) is 0. The molecule has 4 heteroatoms. The highest BCUT2D eigenvalue weighted by Crippen LogP contribution is 2.07. The number of hydrogen-bond donors (Lipinski definition) is 1. The number of hydrogen-bond acceptors (Lipinski definition) is 1. The highest BCUT2D eigenvalue weighted by molar-refractivity contribution is 6.17.